The number of unbranched alkanes of at least 4 members (excludes halogenated alkanes) is 1. The predicted octanol–water partition coefficient (Wildman–Crippen LogP) is 3.78. The first kappa shape index (κ1) is 13.5. The van der Waals surface area contributed by atoms with Crippen LogP contribution in [0.5, 0.6) is 0 Å². The summed E-state index contributed by atoms with van der Waals surface area (Å²) in [7, 11) is 0. The lowest BCUT2D eigenvalue weighted by Crippen LogP contribution is -2.12. The van der Waals surface area contributed by atoms with Gasteiger partial charge in [0.2, 0.25) is 0 Å². The first-order valence-electron chi connectivity index (χ1n) is 6.39. The van der Waals surface area contributed by atoms with Crippen LogP contribution in [0.3, 0.4) is 0 Å². The van der Waals surface area contributed by atoms with E-state index in [2.05, 4.69) is 48.4 Å². The van der Waals surface area contributed by atoms with E-state index in [4.69, 9.17) is 0 Å². The summed E-state index contributed by atoms with van der Waals surface area (Å²) in [6.45, 7) is 5.40. The number of nitrogens with zero attached hydrogens (tertiary/aromatic N) is 1. The molecule has 0 aromatic carbocycles. The van der Waals surface area contributed by atoms with Gasteiger partial charge in [0.25, 0.3) is 0 Å². The summed E-state index contributed by atoms with van der Waals surface area (Å²) in [5, 5.41) is 3.45. The number of hydrogen-bond donors (Lipinski definition) is 1. The van der Waals surface area contributed by atoms with Gasteiger partial charge in [-0.2, -0.15) is 0 Å². The fraction of sp³-hybridized carbons (Fsp3) is 0.400. The van der Waals surface area contributed by atoms with Crippen molar-refractivity contribution in [1.29, 1.82) is 0 Å². The molecule has 1 N–H and O–H groups in total. The third-order valence-corrected chi connectivity index (χ3v) is 2.42. The highest BCUT2D eigenvalue weighted by Crippen LogP contribution is 2.03. The van der Waals surface area contributed by atoms with Crippen LogP contribution in [0.15, 0.2) is 42.4 Å². The molecule has 1 aromatic heterocycles. The Hall–Kier alpha value is -1.57. The Balaban J connectivity index is 2.55. The van der Waals surface area contributed by atoms with Gasteiger partial charge >= 0.3 is 0 Å². The Morgan fingerprint density at radius 3 is 2.94 bits per heavy atom. The van der Waals surface area contributed by atoms with E-state index in [0.29, 0.717) is 0 Å². The van der Waals surface area contributed by atoms with Gasteiger partial charge in [-0.1, -0.05) is 38.5 Å². The van der Waals surface area contributed by atoms with Crippen LogP contribution in [0.1, 0.15) is 38.7 Å². The zero-order valence-corrected chi connectivity index (χ0v) is 10.8. The van der Waals surface area contributed by atoms with E-state index in [9.17, 15) is 0 Å². The quantitative estimate of drug-likeness (QED) is 0.569. The average molecular weight is 230 g/mol. The second kappa shape index (κ2) is 8.57. The Labute approximate surface area is 104 Å². The zero-order valence-electron chi connectivity index (χ0n) is 10.8. The molecular weight excluding hydrogens is 208 g/mol. The highest BCUT2D eigenvalue weighted by atomic mass is 14.9. The van der Waals surface area contributed by atoms with Crippen molar-refractivity contribution < 1.29 is 0 Å². The van der Waals surface area contributed by atoms with Gasteiger partial charge in [0.15, 0.2) is 0 Å². The average Bonchev–Trinajstić information content (AvgIpc) is 2.37. The van der Waals surface area contributed by atoms with E-state index in [0.717, 1.165) is 18.5 Å². The van der Waals surface area contributed by atoms with E-state index < -0.39 is 0 Å². The van der Waals surface area contributed by atoms with Crippen LogP contribution in [0.25, 0.3) is 6.08 Å². The number of allylic oxidation sites excluding steroid dienone is 2. The normalized spacial score (nSPS) is 12.0. The lowest BCUT2D eigenvalue weighted by Gasteiger charge is -2.06. The van der Waals surface area contributed by atoms with E-state index in [1.807, 2.05) is 12.3 Å². The van der Waals surface area contributed by atoms with Crippen molar-refractivity contribution >= 4 is 6.08 Å². The zero-order chi connectivity index (χ0) is 12.3. The number of hydrogen-bond acceptors (Lipinski definition) is 2. The van der Waals surface area contributed by atoms with Gasteiger partial charge in [-0.25, -0.2) is 0 Å². The maximum atomic E-state index is 4.09. The van der Waals surface area contributed by atoms with Crippen LogP contribution in [-0.2, 0) is 0 Å². The van der Waals surface area contributed by atoms with Crippen LogP contribution in [-0.4, -0.2) is 11.5 Å². The third kappa shape index (κ3) is 5.91. The van der Waals surface area contributed by atoms with Crippen molar-refractivity contribution in [1.82, 2.24) is 10.3 Å². The molecule has 1 heterocycles. The van der Waals surface area contributed by atoms with E-state index in [1.165, 1.54) is 18.5 Å². The Morgan fingerprint density at radius 2 is 2.29 bits per heavy atom. The summed E-state index contributed by atoms with van der Waals surface area (Å²) in [6.07, 6.45) is 13.6. The fourth-order valence-electron chi connectivity index (χ4n) is 1.49. The topological polar surface area (TPSA) is 24.9 Å². The minimum absolute atomic E-state index is 1.04. The molecule has 0 saturated carbocycles. The molecule has 1 rings (SSSR count). The van der Waals surface area contributed by atoms with Gasteiger partial charge in [0.05, 0.1) is 0 Å². The van der Waals surface area contributed by atoms with Gasteiger partial charge in [-0.3, -0.25) is 4.98 Å². The lowest BCUT2D eigenvalue weighted by atomic mass is 10.2. The highest BCUT2D eigenvalue weighted by Gasteiger charge is 1.91. The molecule has 0 amide bonds. The maximum absolute atomic E-state index is 4.09. The smallest absolute Gasteiger partial charge is 0.0340 e. The molecule has 17 heavy (non-hydrogen) atoms. The van der Waals surface area contributed by atoms with Gasteiger partial charge in [-0.05, 0) is 30.5 Å². The molecule has 0 saturated heterocycles. The molecule has 1 aromatic rings. The molecule has 2 heteroatoms. The molecular formula is C15H22N2. The van der Waals surface area contributed by atoms with Crippen molar-refractivity contribution in [3.63, 3.8) is 0 Å². The number of aromatic nitrogens is 1. The summed E-state index contributed by atoms with van der Waals surface area (Å²) in [4.78, 5) is 4.09. The standard InChI is InChI=1S/C15H22N2/c1-3-5-12-17-15(7-4-2)10-9-14-8-6-11-16-13-14/h6-11,13,17H,3-5,12H2,1-2H3/b10-9+,15-7-. The van der Waals surface area contributed by atoms with Gasteiger partial charge in [0, 0.05) is 24.6 Å². The molecule has 0 bridgehead atoms. The third-order valence-electron chi connectivity index (χ3n) is 2.42. The molecule has 0 atom stereocenters. The van der Waals surface area contributed by atoms with Gasteiger partial charge in [0.1, 0.15) is 0 Å². The highest BCUT2D eigenvalue weighted by molar-refractivity contribution is 5.51. The second-order valence-electron chi connectivity index (χ2n) is 3.97. The summed E-state index contributed by atoms with van der Waals surface area (Å²) in [5.41, 5.74) is 2.33. The molecule has 0 fully saturated rings. The monoisotopic (exact) mass is 230 g/mol. The fourth-order valence-corrected chi connectivity index (χ4v) is 1.49. The number of rotatable bonds is 7. The van der Waals surface area contributed by atoms with Gasteiger partial charge in [-0.15, -0.1) is 0 Å². The van der Waals surface area contributed by atoms with Crippen molar-refractivity contribution in [2.75, 3.05) is 6.54 Å². The number of pyridine rings is 1. The SMILES string of the molecule is CC/C=C(/C=C/c1cccnc1)NCCCC. The molecule has 2 nitrogen and oxygen atoms in total. The van der Waals surface area contributed by atoms with Gasteiger partial charge < -0.3 is 5.32 Å². The van der Waals surface area contributed by atoms with Crippen LogP contribution >= 0.6 is 0 Å². The van der Waals surface area contributed by atoms with Crippen molar-refractivity contribution in [3.8, 4) is 0 Å². The Bertz CT molecular complexity index is 352. The van der Waals surface area contributed by atoms with Crippen molar-refractivity contribution in [2.24, 2.45) is 0 Å². The molecule has 0 radical (unpaired) electrons. The molecule has 0 aliphatic heterocycles. The minimum atomic E-state index is 1.04. The van der Waals surface area contributed by atoms with Crippen LogP contribution in [0.2, 0.25) is 0 Å². The molecule has 0 unspecified atom stereocenters. The summed E-state index contributed by atoms with van der Waals surface area (Å²) in [5.74, 6) is 0. The summed E-state index contributed by atoms with van der Waals surface area (Å²) >= 11 is 0. The molecule has 0 aliphatic rings. The van der Waals surface area contributed by atoms with E-state index in [-0.39, 0.29) is 0 Å². The number of nitrogens with one attached hydrogen (secondary N) is 1. The first-order valence-corrected chi connectivity index (χ1v) is 6.39. The maximum Gasteiger partial charge on any atom is 0.0340 e. The Morgan fingerprint density at radius 1 is 1.41 bits per heavy atom. The first-order chi connectivity index (χ1) is 8.36. The van der Waals surface area contributed by atoms with Crippen molar-refractivity contribution in [2.45, 2.75) is 33.1 Å². The lowest BCUT2D eigenvalue weighted by molar-refractivity contribution is 0.718. The van der Waals surface area contributed by atoms with Crippen LogP contribution in [0, 0.1) is 0 Å². The summed E-state index contributed by atoms with van der Waals surface area (Å²) < 4.78 is 0. The van der Waals surface area contributed by atoms with Crippen molar-refractivity contribution in [3.05, 3.63) is 47.9 Å². The van der Waals surface area contributed by atoms with Crippen LogP contribution < -0.4 is 5.32 Å². The van der Waals surface area contributed by atoms with E-state index >= 15 is 0 Å². The minimum Gasteiger partial charge on any atom is -0.385 e. The molecule has 0 spiro atoms. The van der Waals surface area contributed by atoms with E-state index in [1.54, 1.807) is 6.20 Å². The molecule has 0 aliphatic carbocycles. The summed E-state index contributed by atoms with van der Waals surface area (Å²) in [6, 6.07) is 4.01. The predicted molar refractivity (Wildman–Crippen MR) is 74.6 cm³/mol. The van der Waals surface area contributed by atoms with Crippen LogP contribution in [0.4, 0.5) is 0 Å². The largest absolute Gasteiger partial charge is 0.385 e. The molecule has 92 valence electrons. The Kier molecular flexibility index (Phi) is 6.80. The second-order valence-corrected chi connectivity index (χ2v) is 3.97.